The molecule has 0 aliphatic heterocycles. The minimum atomic E-state index is -0.859. The molecule has 0 unspecified atom stereocenters. The number of carbonyl (C=O) groups is 1. The van der Waals surface area contributed by atoms with E-state index in [1.165, 1.54) is 31.4 Å². The molecular formula is C18H22ClNO4. The maximum atomic E-state index is 12.2. The Morgan fingerprint density at radius 2 is 1.92 bits per heavy atom. The Labute approximate surface area is 145 Å². The van der Waals surface area contributed by atoms with Gasteiger partial charge in [-0.3, -0.25) is 4.79 Å². The second-order valence-electron chi connectivity index (χ2n) is 5.78. The van der Waals surface area contributed by atoms with Gasteiger partial charge in [0.1, 0.15) is 11.3 Å². The first-order valence-electron chi connectivity index (χ1n) is 8.28. The smallest absolute Gasteiger partial charge is 0.353 e. The van der Waals surface area contributed by atoms with Gasteiger partial charge in [-0.2, -0.15) is 0 Å². The Balaban J connectivity index is 2.03. The third kappa shape index (κ3) is 4.51. The van der Waals surface area contributed by atoms with Crippen LogP contribution in [0.5, 0.6) is 5.75 Å². The summed E-state index contributed by atoms with van der Waals surface area (Å²) >= 11 is 5.89. The molecule has 0 saturated heterocycles. The monoisotopic (exact) mass is 351 g/mol. The minimum Gasteiger partial charge on any atom is -0.506 e. The van der Waals surface area contributed by atoms with E-state index in [0.29, 0.717) is 11.6 Å². The van der Waals surface area contributed by atoms with Crippen LogP contribution in [0.3, 0.4) is 0 Å². The molecule has 2 aromatic rings. The first-order valence-corrected chi connectivity index (χ1v) is 8.66. The lowest BCUT2D eigenvalue weighted by molar-refractivity contribution is 0.0946. The second-order valence-corrected chi connectivity index (χ2v) is 6.21. The summed E-state index contributed by atoms with van der Waals surface area (Å²) in [5.74, 6) is -1.03. The van der Waals surface area contributed by atoms with Crippen molar-refractivity contribution < 1.29 is 14.3 Å². The molecule has 0 aliphatic carbocycles. The van der Waals surface area contributed by atoms with E-state index in [1.54, 1.807) is 6.07 Å². The van der Waals surface area contributed by atoms with Gasteiger partial charge in [0.05, 0.1) is 5.39 Å². The number of aromatic hydroxyl groups is 1. The predicted molar refractivity (Wildman–Crippen MR) is 94.9 cm³/mol. The normalized spacial score (nSPS) is 10.9. The van der Waals surface area contributed by atoms with Gasteiger partial charge in [0.25, 0.3) is 5.91 Å². The number of amides is 1. The number of hydrogen-bond acceptors (Lipinski definition) is 4. The summed E-state index contributed by atoms with van der Waals surface area (Å²) in [6, 6.07) is 4.49. The predicted octanol–water partition coefficient (Wildman–Crippen LogP) is 4.24. The van der Waals surface area contributed by atoms with Gasteiger partial charge < -0.3 is 14.8 Å². The number of rotatable bonds is 8. The molecule has 1 heterocycles. The lowest BCUT2D eigenvalue weighted by Crippen LogP contribution is -2.29. The van der Waals surface area contributed by atoms with Gasteiger partial charge in [0.15, 0.2) is 5.56 Å². The van der Waals surface area contributed by atoms with Gasteiger partial charge in [-0.25, -0.2) is 4.79 Å². The number of unbranched alkanes of at least 4 members (excludes halogenated alkanes) is 5. The number of carbonyl (C=O) groups excluding carboxylic acids is 1. The highest BCUT2D eigenvalue weighted by atomic mass is 35.5. The summed E-state index contributed by atoms with van der Waals surface area (Å²) in [5, 5.41) is 13.5. The molecule has 1 aromatic carbocycles. The second kappa shape index (κ2) is 8.73. The summed E-state index contributed by atoms with van der Waals surface area (Å²) in [5.41, 5.74) is -1.05. The van der Waals surface area contributed by atoms with Crippen molar-refractivity contribution in [3.63, 3.8) is 0 Å². The van der Waals surface area contributed by atoms with Crippen molar-refractivity contribution in [3.8, 4) is 5.75 Å². The maximum absolute atomic E-state index is 12.2. The highest BCUT2D eigenvalue weighted by Gasteiger charge is 2.20. The third-order valence-corrected chi connectivity index (χ3v) is 4.12. The van der Waals surface area contributed by atoms with Crippen LogP contribution in [-0.4, -0.2) is 17.6 Å². The van der Waals surface area contributed by atoms with Gasteiger partial charge in [0, 0.05) is 11.6 Å². The lowest BCUT2D eigenvalue weighted by atomic mass is 10.1. The van der Waals surface area contributed by atoms with E-state index in [-0.39, 0.29) is 16.5 Å². The van der Waals surface area contributed by atoms with Crippen molar-refractivity contribution in [2.24, 2.45) is 0 Å². The van der Waals surface area contributed by atoms with Crippen LogP contribution in [0.25, 0.3) is 11.0 Å². The Morgan fingerprint density at radius 1 is 1.21 bits per heavy atom. The molecule has 0 atom stereocenters. The van der Waals surface area contributed by atoms with Crippen LogP contribution < -0.4 is 10.9 Å². The van der Waals surface area contributed by atoms with Crippen LogP contribution in [0.1, 0.15) is 55.8 Å². The first-order chi connectivity index (χ1) is 11.5. The number of hydrogen-bond donors (Lipinski definition) is 2. The van der Waals surface area contributed by atoms with Crippen molar-refractivity contribution in [2.45, 2.75) is 45.4 Å². The molecule has 5 nitrogen and oxygen atoms in total. The average Bonchev–Trinajstić information content (AvgIpc) is 2.55. The van der Waals surface area contributed by atoms with Crippen LogP contribution in [0.4, 0.5) is 0 Å². The van der Waals surface area contributed by atoms with Crippen LogP contribution >= 0.6 is 11.6 Å². The van der Waals surface area contributed by atoms with Gasteiger partial charge >= 0.3 is 5.63 Å². The molecule has 0 aliphatic rings. The van der Waals surface area contributed by atoms with E-state index in [2.05, 4.69) is 12.2 Å². The topological polar surface area (TPSA) is 79.5 Å². The molecule has 2 rings (SSSR count). The molecule has 1 aromatic heterocycles. The zero-order valence-electron chi connectivity index (χ0n) is 13.7. The van der Waals surface area contributed by atoms with E-state index >= 15 is 0 Å². The van der Waals surface area contributed by atoms with Gasteiger partial charge in [0.2, 0.25) is 0 Å². The molecule has 2 N–H and O–H groups in total. The maximum Gasteiger partial charge on any atom is 0.353 e. The molecule has 1 amide bonds. The highest BCUT2D eigenvalue weighted by Crippen LogP contribution is 2.28. The largest absolute Gasteiger partial charge is 0.506 e. The Kier molecular flexibility index (Phi) is 6.67. The molecule has 24 heavy (non-hydrogen) atoms. The quantitative estimate of drug-likeness (QED) is 0.550. The standard InChI is InChI=1S/C18H22ClNO4/c1-2-3-4-5-6-7-10-20-17(22)15-16(21)13-11-12(19)8-9-14(13)24-18(15)23/h8-9,11,21H,2-7,10H2,1H3,(H,20,22). The molecule has 0 spiro atoms. The van der Waals surface area contributed by atoms with E-state index < -0.39 is 17.3 Å². The van der Waals surface area contributed by atoms with Crippen molar-refractivity contribution in [2.75, 3.05) is 6.54 Å². The van der Waals surface area contributed by atoms with Crippen molar-refractivity contribution >= 4 is 28.5 Å². The van der Waals surface area contributed by atoms with Gasteiger partial charge in [-0.1, -0.05) is 50.6 Å². The van der Waals surface area contributed by atoms with Crippen LogP contribution in [0, 0.1) is 0 Å². The summed E-state index contributed by atoms with van der Waals surface area (Å²) in [6.45, 7) is 2.62. The van der Waals surface area contributed by atoms with E-state index in [1.807, 2.05) is 0 Å². The zero-order valence-corrected chi connectivity index (χ0v) is 14.5. The van der Waals surface area contributed by atoms with Gasteiger partial charge in [-0.15, -0.1) is 0 Å². The summed E-state index contributed by atoms with van der Waals surface area (Å²) in [6.07, 6.45) is 6.60. The lowest BCUT2D eigenvalue weighted by Gasteiger charge is -2.08. The Hall–Kier alpha value is -2.01. The minimum absolute atomic E-state index is 0.189. The van der Waals surface area contributed by atoms with E-state index in [4.69, 9.17) is 16.0 Å². The van der Waals surface area contributed by atoms with Crippen LogP contribution in [-0.2, 0) is 0 Å². The number of benzene rings is 1. The SMILES string of the molecule is CCCCCCCCNC(=O)c1c(O)c2cc(Cl)ccc2oc1=O. The number of nitrogens with one attached hydrogen (secondary N) is 1. The van der Waals surface area contributed by atoms with E-state index in [9.17, 15) is 14.7 Å². The third-order valence-electron chi connectivity index (χ3n) is 3.88. The van der Waals surface area contributed by atoms with Crippen LogP contribution in [0.15, 0.2) is 27.4 Å². The fourth-order valence-electron chi connectivity index (χ4n) is 2.55. The summed E-state index contributed by atoms with van der Waals surface area (Å²) in [4.78, 5) is 24.2. The van der Waals surface area contributed by atoms with Crippen molar-refractivity contribution in [3.05, 3.63) is 39.2 Å². The number of fused-ring (bicyclic) bond motifs is 1. The van der Waals surface area contributed by atoms with E-state index in [0.717, 1.165) is 19.3 Å². The molecule has 0 radical (unpaired) electrons. The first kappa shape index (κ1) is 18.3. The summed E-state index contributed by atoms with van der Waals surface area (Å²) < 4.78 is 5.09. The molecule has 130 valence electrons. The zero-order chi connectivity index (χ0) is 17.5. The van der Waals surface area contributed by atoms with Crippen molar-refractivity contribution in [1.29, 1.82) is 0 Å². The van der Waals surface area contributed by atoms with Crippen molar-refractivity contribution in [1.82, 2.24) is 5.32 Å². The number of halogens is 1. The molecule has 0 bridgehead atoms. The highest BCUT2D eigenvalue weighted by molar-refractivity contribution is 6.31. The fourth-order valence-corrected chi connectivity index (χ4v) is 2.73. The molecule has 0 saturated carbocycles. The molecule has 0 fully saturated rings. The fraction of sp³-hybridized carbons (Fsp3) is 0.444. The molecule has 6 heteroatoms. The van der Waals surface area contributed by atoms with Gasteiger partial charge in [-0.05, 0) is 24.6 Å². The Morgan fingerprint density at radius 3 is 2.67 bits per heavy atom. The average molecular weight is 352 g/mol. The van der Waals surface area contributed by atoms with Crippen LogP contribution in [0.2, 0.25) is 5.02 Å². The summed E-state index contributed by atoms with van der Waals surface area (Å²) in [7, 11) is 0. The molecular weight excluding hydrogens is 330 g/mol. The Bertz CT molecular complexity index is 769.